The fraction of sp³-hybridized carbons (Fsp3) is 0.400. The maximum Gasteiger partial charge on any atom is 0.196 e. The first kappa shape index (κ1) is 14.6. The monoisotopic (exact) mass is 276 g/mol. The zero-order valence-corrected chi connectivity index (χ0v) is 11.9. The van der Waals surface area contributed by atoms with Crippen LogP contribution in [0.15, 0.2) is 34.9 Å². The Morgan fingerprint density at radius 2 is 2.05 bits per heavy atom. The van der Waals surface area contributed by atoms with Crippen LogP contribution in [0.5, 0.6) is 5.75 Å². The molecule has 2 aromatic rings. The number of nitrogens with zero attached hydrogens (tertiary/aromatic N) is 1. The molecule has 0 atom stereocenters. The lowest BCUT2D eigenvalue weighted by Crippen LogP contribution is -2.21. The van der Waals surface area contributed by atoms with Crippen LogP contribution in [0.2, 0.25) is 0 Å². The summed E-state index contributed by atoms with van der Waals surface area (Å²) >= 11 is 0. The first-order valence-corrected chi connectivity index (χ1v) is 6.63. The Morgan fingerprint density at radius 3 is 2.85 bits per heavy atom. The molecule has 5 nitrogen and oxygen atoms in total. The van der Waals surface area contributed by atoms with E-state index in [0.29, 0.717) is 6.61 Å². The minimum atomic E-state index is 0.706. The summed E-state index contributed by atoms with van der Waals surface area (Å²) in [6.45, 7) is 2.35. The van der Waals surface area contributed by atoms with Gasteiger partial charge in [-0.05, 0) is 12.1 Å². The van der Waals surface area contributed by atoms with Crippen molar-refractivity contribution in [2.75, 3.05) is 33.9 Å². The summed E-state index contributed by atoms with van der Waals surface area (Å²) < 4.78 is 16.0. The summed E-state index contributed by atoms with van der Waals surface area (Å²) in [4.78, 5) is 4.29. The number of para-hydroxylation sites is 1. The van der Waals surface area contributed by atoms with E-state index < -0.39 is 0 Å². The summed E-state index contributed by atoms with van der Waals surface area (Å²) in [7, 11) is 3.34. The number of ether oxygens (including phenoxy) is 2. The third-order valence-electron chi connectivity index (χ3n) is 2.92. The standard InChI is InChI=1S/C15H20N2O3/c1-18-10-9-16-8-7-15-17-11-14(20-15)12-5-3-4-6-13(12)19-2/h3-6,11,16H,7-10H2,1-2H3. The normalized spacial score (nSPS) is 10.7. The van der Waals surface area contributed by atoms with E-state index in [-0.39, 0.29) is 0 Å². The maximum atomic E-state index is 5.76. The molecule has 1 aromatic carbocycles. The van der Waals surface area contributed by atoms with E-state index in [1.165, 1.54) is 0 Å². The van der Waals surface area contributed by atoms with E-state index in [2.05, 4.69) is 10.3 Å². The van der Waals surface area contributed by atoms with Crippen LogP contribution in [0.4, 0.5) is 0 Å². The highest BCUT2D eigenvalue weighted by Crippen LogP contribution is 2.29. The lowest BCUT2D eigenvalue weighted by Gasteiger charge is -2.04. The fourth-order valence-corrected chi connectivity index (χ4v) is 1.89. The lowest BCUT2D eigenvalue weighted by molar-refractivity contribution is 0.199. The van der Waals surface area contributed by atoms with Crippen LogP contribution in [-0.4, -0.2) is 38.9 Å². The minimum absolute atomic E-state index is 0.706. The van der Waals surface area contributed by atoms with Crippen LogP contribution in [-0.2, 0) is 11.2 Å². The quantitative estimate of drug-likeness (QED) is 0.748. The predicted octanol–water partition coefficient (Wildman–Crippen LogP) is 2.13. The predicted molar refractivity (Wildman–Crippen MR) is 76.9 cm³/mol. The Balaban J connectivity index is 1.95. The lowest BCUT2D eigenvalue weighted by atomic mass is 10.1. The van der Waals surface area contributed by atoms with Gasteiger partial charge >= 0.3 is 0 Å². The van der Waals surface area contributed by atoms with Gasteiger partial charge in [-0.1, -0.05) is 12.1 Å². The summed E-state index contributed by atoms with van der Waals surface area (Å²) in [6, 6.07) is 7.75. The molecule has 0 radical (unpaired) electrons. The van der Waals surface area contributed by atoms with Gasteiger partial charge in [0.15, 0.2) is 11.7 Å². The molecule has 2 rings (SSSR count). The molecular weight excluding hydrogens is 256 g/mol. The van der Waals surface area contributed by atoms with Gasteiger partial charge in [0.25, 0.3) is 0 Å². The second kappa shape index (κ2) is 7.67. The van der Waals surface area contributed by atoms with Crippen LogP contribution >= 0.6 is 0 Å². The third kappa shape index (κ3) is 3.82. The molecule has 0 spiro atoms. The Hall–Kier alpha value is -1.85. The van der Waals surface area contributed by atoms with Gasteiger partial charge in [0.1, 0.15) is 5.75 Å². The Labute approximate surface area is 118 Å². The molecule has 0 aliphatic rings. The average molecular weight is 276 g/mol. The van der Waals surface area contributed by atoms with E-state index in [4.69, 9.17) is 13.9 Å². The first-order valence-electron chi connectivity index (χ1n) is 6.63. The number of oxazole rings is 1. The molecule has 0 unspecified atom stereocenters. The Morgan fingerprint density at radius 1 is 1.20 bits per heavy atom. The van der Waals surface area contributed by atoms with Gasteiger partial charge in [0.2, 0.25) is 0 Å². The van der Waals surface area contributed by atoms with Gasteiger partial charge in [-0.25, -0.2) is 4.98 Å². The largest absolute Gasteiger partial charge is 0.496 e. The number of hydrogen-bond donors (Lipinski definition) is 1. The van der Waals surface area contributed by atoms with Gasteiger partial charge in [-0.3, -0.25) is 0 Å². The molecule has 0 aliphatic heterocycles. The molecule has 1 heterocycles. The van der Waals surface area contributed by atoms with E-state index >= 15 is 0 Å². The van der Waals surface area contributed by atoms with E-state index in [1.807, 2.05) is 24.3 Å². The van der Waals surface area contributed by atoms with E-state index in [1.54, 1.807) is 20.4 Å². The average Bonchev–Trinajstić information content (AvgIpc) is 2.95. The molecular formula is C15H20N2O3. The maximum absolute atomic E-state index is 5.76. The first-order chi connectivity index (χ1) is 9.85. The summed E-state index contributed by atoms with van der Waals surface area (Å²) in [5, 5.41) is 3.26. The number of aromatic nitrogens is 1. The van der Waals surface area contributed by atoms with Crippen molar-refractivity contribution in [2.45, 2.75) is 6.42 Å². The van der Waals surface area contributed by atoms with Crippen molar-refractivity contribution in [1.82, 2.24) is 10.3 Å². The van der Waals surface area contributed by atoms with Crippen molar-refractivity contribution >= 4 is 0 Å². The van der Waals surface area contributed by atoms with Gasteiger partial charge in [-0.15, -0.1) is 0 Å². The molecule has 0 saturated carbocycles. The van der Waals surface area contributed by atoms with Crippen molar-refractivity contribution in [3.63, 3.8) is 0 Å². The molecule has 0 fully saturated rings. The van der Waals surface area contributed by atoms with E-state index in [9.17, 15) is 0 Å². The molecule has 1 aromatic heterocycles. The Bertz CT molecular complexity index is 525. The van der Waals surface area contributed by atoms with Gasteiger partial charge in [-0.2, -0.15) is 0 Å². The topological polar surface area (TPSA) is 56.5 Å². The van der Waals surface area contributed by atoms with E-state index in [0.717, 1.165) is 42.5 Å². The molecule has 0 saturated heterocycles. The summed E-state index contributed by atoms with van der Waals surface area (Å²) in [6.07, 6.45) is 2.49. The van der Waals surface area contributed by atoms with Gasteiger partial charge in [0, 0.05) is 26.6 Å². The fourth-order valence-electron chi connectivity index (χ4n) is 1.89. The zero-order chi connectivity index (χ0) is 14.2. The molecule has 1 N–H and O–H groups in total. The van der Waals surface area contributed by atoms with Crippen LogP contribution in [0, 0.1) is 0 Å². The number of nitrogens with one attached hydrogen (secondary N) is 1. The van der Waals surface area contributed by atoms with Crippen LogP contribution in [0.3, 0.4) is 0 Å². The highest BCUT2D eigenvalue weighted by molar-refractivity contribution is 5.64. The summed E-state index contributed by atoms with van der Waals surface area (Å²) in [5.74, 6) is 2.23. The minimum Gasteiger partial charge on any atom is -0.496 e. The summed E-state index contributed by atoms with van der Waals surface area (Å²) in [5.41, 5.74) is 0.918. The van der Waals surface area contributed by atoms with Crippen molar-refractivity contribution in [3.8, 4) is 17.1 Å². The Kier molecular flexibility index (Phi) is 5.58. The van der Waals surface area contributed by atoms with Crippen molar-refractivity contribution in [1.29, 1.82) is 0 Å². The molecule has 5 heteroatoms. The highest BCUT2D eigenvalue weighted by Gasteiger charge is 2.10. The SMILES string of the molecule is COCCNCCc1ncc(-c2ccccc2OC)o1. The van der Waals surface area contributed by atoms with Crippen LogP contribution in [0.25, 0.3) is 11.3 Å². The molecule has 108 valence electrons. The smallest absolute Gasteiger partial charge is 0.196 e. The van der Waals surface area contributed by atoms with Gasteiger partial charge in [0.05, 0.1) is 25.5 Å². The van der Waals surface area contributed by atoms with Crippen molar-refractivity contribution in [3.05, 3.63) is 36.4 Å². The number of benzene rings is 1. The highest BCUT2D eigenvalue weighted by atomic mass is 16.5. The number of methoxy groups -OCH3 is 2. The number of hydrogen-bond acceptors (Lipinski definition) is 5. The molecule has 0 aliphatic carbocycles. The third-order valence-corrected chi connectivity index (χ3v) is 2.92. The molecule has 20 heavy (non-hydrogen) atoms. The van der Waals surface area contributed by atoms with Crippen molar-refractivity contribution in [2.24, 2.45) is 0 Å². The van der Waals surface area contributed by atoms with Crippen molar-refractivity contribution < 1.29 is 13.9 Å². The second-order valence-electron chi connectivity index (χ2n) is 4.31. The number of rotatable bonds is 8. The van der Waals surface area contributed by atoms with Crippen LogP contribution in [0.1, 0.15) is 5.89 Å². The molecule has 0 bridgehead atoms. The second-order valence-corrected chi connectivity index (χ2v) is 4.31. The van der Waals surface area contributed by atoms with Crippen LogP contribution < -0.4 is 10.1 Å². The van der Waals surface area contributed by atoms with Gasteiger partial charge < -0.3 is 19.2 Å². The zero-order valence-electron chi connectivity index (χ0n) is 11.9. The molecule has 0 amide bonds.